The first-order valence-electron chi connectivity index (χ1n) is 8.52. The smallest absolute Gasteiger partial charge is 0.242 e. The zero-order chi connectivity index (χ0) is 16.2. The highest BCUT2D eigenvalue weighted by Crippen LogP contribution is 2.31. The van der Waals surface area contributed by atoms with Gasteiger partial charge in [0.2, 0.25) is 11.8 Å². The number of amides is 2. The highest BCUT2D eigenvalue weighted by atomic mass is 16.5. The molecule has 1 aromatic carbocycles. The molecule has 1 saturated heterocycles. The zero-order valence-corrected chi connectivity index (χ0v) is 13.7. The second-order valence-electron chi connectivity index (χ2n) is 6.19. The molecule has 0 unspecified atom stereocenters. The van der Waals surface area contributed by atoms with Crippen LogP contribution in [-0.4, -0.2) is 42.5 Å². The number of fused-ring (bicyclic) bond motifs is 1. The van der Waals surface area contributed by atoms with Gasteiger partial charge >= 0.3 is 0 Å². The molecule has 0 bridgehead atoms. The van der Waals surface area contributed by atoms with Crippen LogP contribution in [0, 0.1) is 0 Å². The molecule has 1 aromatic rings. The highest BCUT2D eigenvalue weighted by Gasteiger charge is 2.30. The van der Waals surface area contributed by atoms with Crippen LogP contribution in [0.4, 0.5) is 5.69 Å². The number of nitrogens with zero attached hydrogens (tertiary/aromatic N) is 2. The van der Waals surface area contributed by atoms with Gasteiger partial charge in [0.1, 0.15) is 12.3 Å². The third-order valence-electron chi connectivity index (χ3n) is 4.74. The Morgan fingerprint density at radius 1 is 1.30 bits per heavy atom. The number of hydrogen-bond donors (Lipinski definition) is 0. The maximum atomic E-state index is 12.8. The summed E-state index contributed by atoms with van der Waals surface area (Å²) in [6, 6.07) is 7.76. The average Bonchev–Trinajstić information content (AvgIpc) is 2.74. The van der Waals surface area contributed by atoms with Gasteiger partial charge in [-0.15, -0.1) is 0 Å². The van der Waals surface area contributed by atoms with E-state index in [2.05, 4.69) is 6.92 Å². The lowest BCUT2D eigenvalue weighted by atomic mass is 10.00. The Balaban J connectivity index is 1.80. The number of hydrogen-bond acceptors (Lipinski definition) is 3. The largest absolute Gasteiger partial charge is 0.491 e. The molecule has 3 rings (SSSR count). The molecule has 0 N–H and O–H groups in total. The molecule has 0 saturated carbocycles. The molecule has 2 amide bonds. The summed E-state index contributed by atoms with van der Waals surface area (Å²) in [5.41, 5.74) is 0.702. The Morgan fingerprint density at radius 2 is 2.13 bits per heavy atom. The highest BCUT2D eigenvalue weighted by molar-refractivity contribution is 6.00. The van der Waals surface area contributed by atoms with Crippen LogP contribution in [-0.2, 0) is 9.59 Å². The number of carbonyl (C=O) groups excluding carboxylic acids is 2. The summed E-state index contributed by atoms with van der Waals surface area (Å²) in [5.74, 6) is 0.673. The van der Waals surface area contributed by atoms with Crippen LogP contribution in [0.25, 0.3) is 0 Å². The van der Waals surface area contributed by atoms with Gasteiger partial charge in [-0.3, -0.25) is 14.5 Å². The van der Waals surface area contributed by atoms with Crippen LogP contribution >= 0.6 is 0 Å². The van der Waals surface area contributed by atoms with Crippen molar-refractivity contribution in [3.8, 4) is 5.75 Å². The minimum absolute atomic E-state index is 0.0432. The fourth-order valence-electron chi connectivity index (χ4n) is 3.47. The molecule has 5 heteroatoms. The van der Waals surface area contributed by atoms with Crippen molar-refractivity contribution in [2.24, 2.45) is 0 Å². The Bertz CT molecular complexity index is 587. The molecule has 2 heterocycles. The van der Waals surface area contributed by atoms with E-state index in [-0.39, 0.29) is 18.4 Å². The van der Waals surface area contributed by atoms with Crippen LogP contribution in [0.5, 0.6) is 5.75 Å². The molecule has 23 heavy (non-hydrogen) atoms. The van der Waals surface area contributed by atoms with Gasteiger partial charge in [-0.1, -0.05) is 19.1 Å². The lowest BCUT2D eigenvalue weighted by Gasteiger charge is -2.36. The molecular formula is C18H24N2O3. The number of para-hydroxylation sites is 2. The third kappa shape index (κ3) is 3.33. The fraction of sp³-hybridized carbons (Fsp3) is 0.556. The zero-order valence-electron chi connectivity index (χ0n) is 13.7. The number of rotatable bonds is 3. The number of anilines is 1. The van der Waals surface area contributed by atoms with Crippen LogP contribution in [0.15, 0.2) is 24.3 Å². The summed E-state index contributed by atoms with van der Waals surface area (Å²) < 4.78 is 5.63. The quantitative estimate of drug-likeness (QED) is 0.861. The average molecular weight is 316 g/mol. The topological polar surface area (TPSA) is 49.9 Å². The van der Waals surface area contributed by atoms with Crippen LogP contribution in [0.1, 0.15) is 39.0 Å². The van der Waals surface area contributed by atoms with Crippen molar-refractivity contribution in [3.05, 3.63) is 24.3 Å². The van der Waals surface area contributed by atoms with Crippen molar-refractivity contribution in [3.63, 3.8) is 0 Å². The summed E-state index contributed by atoms with van der Waals surface area (Å²) >= 11 is 0. The molecule has 5 nitrogen and oxygen atoms in total. The first-order chi connectivity index (χ1) is 11.2. The molecule has 1 atom stereocenters. The van der Waals surface area contributed by atoms with Gasteiger partial charge in [-0.05, 0) is 37.8 Å². The van der Waals surface area contributed by atoms with Gasteiger partial charge in [0.05, 0.1) is 18.7 Å². The van der Waals surface area contributed by atoms with Gasteiger partial charge in [0, 0.05) is 12.6 Å². The first kappa shape index (κ1) is 15.8. The summed E-state index contributed by atoms with van der Waals surface area (Å²) in [4.78, 5) is 28.8. The van der Waals surface area contributed by atoms with E-state index in [1.807, 2.05) is 29.2 Å². The van der Waals surface area contributed by atoms with E-state index in [0.29, 0.717) is 30.5 Å². The number of ether oxygens (including phenoxy) is 1. The Kier molecular flexibility index (Phi) is 4.84. The number of piperidine rings is 1. The standard InChI is InChI=1S/C18H24N2O3/c1-2-14-7-5-6-11-19(14)18(22)13-20-15-8-3-4-9-16(15)23-12-10-17(20)21/h3-4,8-9,14H,2,5-7,10-13H2,1H3/t14-/m0/s1. The van der Waals surface area contributed by atoms with E-state index in [1.54, 1.807) is 4.90 Å². The van der Waals surface area contributed by atoms with E-state index in [1.165, 1.54) is 6.42 Å². The van der Waals surface area contributed by atoms with E-state index in [4.69, 9.17) is 4.74 Å². The molecule has 0 aliphatic carbocycles. The molecule has 2 aliphatic rings. The van der Waals surface area contributed by atoms with Gasteiger partial charge in [0.25, 0.3) is 0 Å². The van der Waals surface area contributed by atoms with Crippen LogP contribution in [0.3, 0.4) is 0 Å². The van der Waals surface area contributed by atoms with Gasteiger partial charge in [-0.2, -0.15) is 0 Å². The molecule has 124 valence electrons. The van der Waals surface area contributed by atoms with Gasteiger partial charge in [-0.25, -0.2) is 0 Å². The molecule has 1 fully saturated rings. The summed E-state index contributed by atoms with van der Waals surface area (Å²) in [6.07, 6.45) is 4.58. The summed E-state index contributed by atoms with van der Waals surface area (Å²) in [7, 11) is 0. The SMILES string of the molecule is CC[C@H]1CCCCN1C(=O)CN1C(=O)CCOc2ccccc21. The Labute approximate surface area is 137 Å². The monoisotopic (exact) mass is 316 g/mol. The maximum Gasteiger partial charge on any atom is 0.242 e. The first-order valence-corrected chi connectivity index (χ1v) is 8.52. The van der Waals surface area contributed by atoms with Crippen molar-refractivity contribution in [2.45, 2.75) is 45.1 Å². The third-order valence-corrected chi connectivity index (χ3v) is 4.74. The number of carbonyl (C=O) groups is 2. The number of likely N-dealkylation sites (tertiary alicyclic amines) is 1. The van der Waals surface area contributed by atoms with Crippen LogP contribution < -0.4 is 9.64 Å². The van der Waals surface area contributed by atoms with E-state index >= 15 is 0 Å². The lowest BCUT2D eigenvalue weighted by Crippen LogP contribution is -2.49. The minimum Gasteiger partial charge on any atom is -0.491 e. The van der Waals surface area contributed by atoms with Crippen molar-refractivity contribution < 1.29 is 14.3 Å². The minimum atomic E-state index is -0.0478. The van der Waals surface area contributed by atoms with Crippen molar-refractivity contribution >= 4 is 17.5 Å². The normalized spacial score (nSPS) is 21.4. The van der Waals surface area contributed by atoms with Crippen molar-refractivity contribution in [2.75, 3.05) is 24.6 Å². The second-order valence-corrected chi connectivity index (χ2v) is 6.19. The summed E-state index contributed by atoms with van der Waals surface area (Å²) in [6.45, 7) is 3.39. The Hall–Kier alpha value is -2.04. The van der Waals surface area contributed by atoms with E-state index < -0.39 is 0 Å². The predicted octanol–water partition coefficient (Wildman–Crippen LogP) is 2.59. The van der Waals surface area contributed by atoms with Gasteiger partial charge < -0.3 is 9.64 Å². The molecular weight excluding hydrogens is 292 g/mol. The molecule has 0 spiro atoms. The maximum absolute atomic E-state index is 12.8. The van der Waals surface area contributed by atoms with E-state index in [0.717, 1.165) is 25.8 Å². The molecule has 0 radical (unpaired) electrons. The van der Waals surface area contributed by atoms with E-state index in [9.17, 15) is 9.59 Å². The van der Waals surface area contributed by atoms with Gasteiger partial charge in [0.15, 0.2) is 0 Å². The van der Waals surface area contributed by atoms with Crippen LogP contribution in [0.2, 0.25) is 0 Å². The Morgan fingerprint density at radius 3 is 2.96 bits per heavy atom. The van der Waals surface area contributed by atoms with Crippen molar-refractivity contribution in [1.82, 2.24) is 4.90 Å². The summed E-state index contributed by atoms with van der Waals surface area (Å²) in [5, 5.41) is 0. The predicted molar refractivity (Wildman–Crippen MR) is 88.6 cm³/mol. The van der Waals surface area contributed by atoms with Crippen molar-refractivity contribution in [1.29, 1.82) is 0 Å². The number of benzene rings is 1. The second kappa shape index (κ2) is 7.02. The molecule has 0 aromatic heterocycles. The fourth-order valence-corrected chi connectivity index (χ4v) is 3.47. The lowest BCUT2D eigenvalue weighted by molar-refractivity contribution is -0.134. The molecule has 2 aliphatic heterocycles.